The monoisotopic (exact) mass is 295 g/mol. The summed E-state index contributed by atoms with van der Waals surface area (Å²) in [5.41, 5.74) is 1.26. The van der Waals surface area contributed by atoms with Crippen LogP contribution in [0.1, 0.15) is 60.8 Å². The lowest BCUT2D eigenvalue weighted by Gasteiger charge is -2.37. The average Bonchev–Trinajstić information content (AvgIpc) is 2.94. The Bertz CT molecular complexity index is 288. The molecule has 2 heterocycles. The summed E-state index contributed by atoms with van der Waals surface area (Å²) in [5.74, 6) is 0.939. The van der Waals surface area contributed by atoms with Crippen LogP contribution in [0.5, 0.6) is 0 Å². The molecule has 1 fully saturated rings. The van der Waals surface area contributed by atoms with E-state index in [1.54, 1.807) is 0 Å². The minimum atomic E-state index is 0.0412. The van der Waals surface area contributed by atoms with Gasteiger partial charge >= 0.3 is 0 Å². The van der Waals surface area contributed by atoms with Gasteiger partial charge in [-0.3, -0.25) is 0 Å². The molecule has 0 saturated carbocycles. The van der Waals surface area contributed by atoms with Crippen molar-refractivity contribution in [2.45, 2.75) is 66.4 Å². The quantitative estimate of drug-likeness (QED) is 0.659. The molecule has 1 saturated heterocycles. The van der Waals surface area contributed by atoms with Crippen LogP contribution in [-0.2, 0) is 4.74 Å². The molecule has 0 aromatic carbocycles. The fourth-order valence-corrected chi connectivity index (χ4v) is 2.42. The van der Waals surface area contributed by atoms with Crippen LogP contribution < -0.4 is 0 Å². The maximum absolute atomic E-state index is 6.05. The molecule has 0 aromatic rings. The molecular weight excluding hydrogens is 258 g/mol. The largest absolute Gasteiger partial charge is 0.487 e. The van der Waals surface area contributed by atoms with E-state index in [1.165, 1.54) is 5.57 Å². The minimum absolute atomic E-state index is 0.0412. The van der Waals surface area contributed by atoms with Gasteiger partial charge in [-0.2, -0.15) is 0 Å². The van der Waals surface area contributed by atoms with Crippen molar-refractivity contribution in [3.8, 4) is 0 Å². The summed E-state index contributed by atoms with van der Waals surface area (Å²) in [6, 6.07) is 0. The van der Waals surface area contributed by atoms with Crippen molar-refractivity contribution in [3.63, 3.8) is 0 Å². The average molecular weight is 296 g/mol. The van der Waals surface area contributed by atoms with E-state index < -0.39 is 0 Å². The molecule has 0 radical (unpaired) electrons. The van der Waals surface area contributed by atoms with Gasteiger partial charge in [-0.1, -0.05) is 60.8 Å². The lowest BCUT2D eigenvalue weighted by Crippen LogP contribution is -2.42. The molecular formula is C19H37NO. The lowest BCUT2D eigenvalue weighted by molar-refractivity contribution is -0.0190. The second-order valence-electron chi connectivity index (χ2n) is 4.56. The predicted octanol–water partition coefficient (Wildman–Crippen LogP) is 5.58. The van der Waals surface area contributed by atoms with Gasteiger partial charge in [0.1, 0.15) is 11.4 Å². The van der Waals surface area contributed by atoms with E-state index in [1.807, 2.05) is 53.7 Å². The third-order valence-corrected chi connectivity index (χ3v) is 3.49. The molecule has 0 N–H and O–H groups in total. The zero-order valence-corrected chi connectivity index (χ0v) is 15.5. The van der Waals surface area contributed by atoms with Crippen LogP contribution in [0.4, 0.5) is 0 Å². The first-order chi connectivity index (χ1) is 10.2. The molecule has 0 atom stereocenters. The Kier molecular flexibility index (Phi) is 13.5. The van der Waals surface area contributed by atoms with Crippen LogP contribution in [0, 0.1) is 0 Å². The van der Waals surface area contributed by atoms with Gasteiger partial charge in [-0.15, -0.1) is 0 Å². The first-order valence-electron chi connectivity index (χ1n) is 8.55. The van der Waals surface area contributed by atoms with Crippen LogP contribution in [0.25, 0.3) is 0 Å². The number of ether oxygens (including phenoxy) is 1. The molecule has 2 nitrogen and oxygen atoms in total. The summed E-state index contributed by atoms with van der Waals surface area (Å²) >= 11 is 0. The van der Waals surface area contributed by atoms with Crippen molar-refractivity contribution < 1.29 is 4.74 Å². The topological polar surface area (TPSA) is 12.5 Å². The van der Waals surface area contributed by atoms with E-state index in [4.69, 9.17) is 4.74 Å². The van der Waals surface area contributed by atoms with E-state index >= 15 is 0 Å². The highest BCUT2D eigenvalue weighted by Crippen LogP contribution is 2.41. The number of hydrogen-bond acceptors (Lipinski definition) is 2. The van der Waals surface area contributed by atoms with Crippen molar-refractivity contribution in [3.05, 3.63) is 36.6 Å². The number of allylic oxidation sites excluding steroid dienone is 2. The minimum Gasteiger partial charge on any atom is -0.487 e. The van der Waals surface area contributed by atoms with E-state index in [0.29, 0.717) is 0 Å². The van der Waals surface area contributed by atoms with Crippen LogP contribution in [-0.4, -0.2) is 30.6 Å². The smallest absolute Gasteiger partial charge is 0.122 e. The Morgan fingerprint density at radius 3 is 1.76 bits per heavy atom. The zero-order chi connectivity index (χ0) is 16.9. The van der Waals surface area contributed by atoms with Gasteiger partial charge in [-0.05, 0) is 18.7 Å². The molecule has 1 spiro atoms. The fraction of sp³-hybridized carbons (Fsp3) is 0.684. The van der Waals surface area contributed by atoms with Crippen molar-refractivity contribution in [1.29, 1.82) is 0 Å². The summed E-state index contributed by atoms with van der Waals surface area (Å²) in [6.45, 7) is 21.9. The summed E-state index contributed by atoms with van der Waals surface area (Å²) in [4.78, 5) is 2.36. The zero-order valence-electron chi connectivity index (χ0n) is 15.5. The van der Waals surface area contributed by atoms with Gasteiger partial charge in [0.2, 0.25) is 0 Å². The standard InChI is InChI=1S/C13H19NO.3C2H6/c1-4-11-10-13(15-12(11)5-2)6-8-14(3)9-7-13;3*1-2/h4-5H,1-2,6-10H2,3H3;3*1-2H3. The second-order valence-corrected chi connectivity index (χ2v) is 4.56. The Morgan fingerprint density at radius 2 is 1.43 bits per heavy atom. The molecule has 2 aliphatic heterocycles. The molecule has 21 heavy (non-hydrogen) atoms. The Morgan fingerprint density at radius 1 is 0.952 bits per heavy atom. The summed E-state index contributed by atoms with van der Waals surface area (Å²) < 4.78 is 6.05. The van der Waals surface area contributed by atoms with Gasteiger partial charge < -0.3 is 9.64 Å². The van der Waals surface area contributed by atoms with Crippen LogP contribution >= 0.6 is 0 Å². The normalized spacial score (nSPS) is 19.0. The van der Waals surface area contributed by atoms with Gasteiger partial charge in [0.15, 0.2) is 0 Å². The van der Waals surface area contributed by atoms with E-state index in [9.17, 15) is 0 Å². The first-order valence-corrected chi connectivity index (χ1v) is 8.55. The van der Waals surface area contributed by atoms with Crippen LogP contribution in [0.15, 0.2) is 36.6 Å². The van der Waals surface area contributed by atoms with Crippen LogP contribution in [0.2, 0.25) is 0 Å². The predicted molar refractivity (Wildman–Crippen MR) is 96.6 cm³/mol. The van der Waals surface area contributed by atoms with Crippen LogP contribution in [0.3, 0.4) is 0 Å². The van der Waals surface area contributed by atoms with Gasteiger partial charge in [0.25, 0.3) is 0 Å². The highest BCUT2D eigenvalue weighted by atomic mass is 16.5. The molecule has 0 unspecified atom stereocenters. The second kappa shape index (κ2) is 12.7. The van der Waals surface area contributed by atoms with Gasteiger partial charge in [-0.25, -0.2) is 0 Å². The third-order valence-electron chi connectivity index (χ3n) is 3.49. The van der Waals surface area contributed by atoms with Crippen molar-refractivity contribution in [1.82, 2.24) is 4.90 Å². The maximum Gasteiger partial charge on any atom is 0.122 e. The lowest BCUT2D eigenvalue weighted by atomic mass is 9.87. The molecule has 124 valence electrons. The molecule has 0 aliphatic carbocycles. The van der Waals surface area contributed by atoms with Crippen molar-refractivity contribution in [2.75, 3.05) is 20.1 Å². The number of likely N-dealkylation sites (tertiary alicyclic amines) is 1. The molecule has 2 rings (SSSR count). The van der Waals surface area contributed by atoms with E-state index in [0.717, 1.165) is 38.1 Å². The van der Waals surface area contributed by atoms with Crippen molar-refractivity contribution >= 4 is 0 Å². The molecule has 2 heteroatoms. The number of hydrogen-bond donors (Lipinski definition) is 0. The first kappa shape index (κ1) is 22.3. The molecule has 0 aromatic heterocycles. The summed E-state index contributed by atoms with van der Waals surface area (Å²) in [6.07, 6.45) is 6.94. The van der Waals surface area contributed by atoms with Gasteiger partial charge in [0.05, 0.1) is 0 Å². The number of rotatable bonds is 2. The maximum atomic E-state index is 6.05. The van der Waals surface area contributed by atoms with Crippen molar-refractivity contribution in [2.24, 2.45) is 0 Å². The Labute approximate surface area is 133 Å². The summed E-state index contributed by atoms with van der Waals surface area (Å²) in [5, 5.41) is 0. The van der Waals surface area contributed by atoms with Gasteiger partial charge in [0, 0.05) is 32.4 Å². The summed E-state index contributed by atoms with van der Waals surface area (Å²) in [7, 11) is 2.16. The molecule has 0 bridgehead atoms. The third kappa shape index (κ3) is 6.52. The highest BCUT2D eigenvalue weighted by Gasteiger charge is 2.41. The fourth-order valence-electron chi connectivity index (χ4n) is 2.42. The Balaban J connectivity index is 0. The Hall–Kier alpha value is -1.02. The molecule has 2 aliphatic rings. The highest BCUT2D eigenvalue weighted by molar-refractivity contribution is 5.33. The van der Waals surface area contributed by atoms with E-state index in [-0.39, 0.29) is 5.60 Å². The van der Waals surface area contributed by atoms with E-state index in [2.05, 4.69) is 25.1 Å². The number of nitrogens with zero attached hydrogens (tertiary/aromatic N) is 1. The molecule has 0 amide bonds. The number of piperidine rings is 1. The SMILES string of the molecule is C=CC1=C(C=C)OC2(CCN(C)CC2)C1.CC.CC.CC.